The lowest BCUT2D eigenvalue weighted by molar-refractivity contribution is -0.475. The van der Waals surface area contributed by atoms with Gasteiger partial charge in [-0.15, -0.1) is 0 Å². The molecule has 0 atom stereocenters. The molecule has 0 spiro atoms. The molecular formula is C16HF15NO2-. The molecule has 0 unspecified atom stereocenters. The smallest absolute Gasteiger partial charge is 0.384 e. The highest BCUT2D eigenvalue weighted by molar-refractivity contribution is 6.03. The van der Waals surface area contributed by atoms with Gasteiger partial charge in [-0.2, -0.15) is 43.9 Å². The van der Waals surface area contributed by atoms with Gasteiger partial charge in [0.25, 0.3) is 5.69 Å². The molecule has 1 aliphatic rings. The normalized spacial score (nSPS) is 23.8. The van der Waals surface area contributed by atoms with Gasteiger partial charge in [-0.1, -0.05) is 5.76 Å². The van der Waals surface area contributed by atoms with E-state index in [0.717, 1.165) is 0 Å². The molecule has 0 saturated heterocycles. The van der Waals surface area contributed by atoms with Crippen molar-refractivity contribution in [3.8, 4) is 0 Å². The molecule has 0 bridgehead atoms. The zero-order valence-electron chi connectivity index (χ0n) is 15.0. The average molecular weight is 524 g/mol. The summed E-state index contributed by atoms with van der Waals surface area (Å²) in [4.78, 5) is 13.6. The van der Waals surface area contributed by atoms with Crippen LogP contribution in [0.25, 0.3) is 10.6 Å². The standard InChI is InChI=1S/C16H2F15NO2/c1-32-10-8(19)6(17)5(7(18)9(10)20)3(33)2-4(34)11(21)12(22,23)14(26,27)16(30,31)15(28,29)13(11,24)25/h2,33H/p-1/b3-2-. The molecule has 188 valence electrons. The fourth-order valence-electron chi connectivity index (χ4n) is 2.76. The first-order valence-electron chi connectivity index (χ1n) is 7.77. The second-order valence-corrected chi connectivity index (χ2v) is 6.49. The summed E-state index contributed by atoms with van der Waals surface area (Å²) in [5.74, 6) is -57.0. The lowest BCUT2D eigenvalue weighted by atomic mass is 9.70. The van der Waals surface area contributed by atoms with Crippen molar-refractivity contribution in [2.45, 2.75) is 35.3 Å². The Kier molecular flexibility index (Phi) is 5.73. The van der Waals surface area contributed by atoms with Gasteiger partial charge < -0.3 is 5.11 Å². The third-order valence-electron chi connectivity index (χ3n) is 4.64. The Bertz CT molecular complexity index is 1090. The van der Waals surface area contributed by atoms with Gasteiger partial charge in [-0.25, -0.2) is 26.8 Å². The van der Waals surface area contributed by atoms with Crippen molar-refractivity contribution in [1.82, 2.24) is 0 Å². The lowest BCUT2D eigenvalue weighted by Gasteiger charge is -2.51. The predicted octanol–water partition coefficient (Wildman–Crippen LogP) is 4.96. The first kappa shape index (κ1) is 27.1. The van der Waals surface area contributed by atoms with Crippen molar-refractivity contribution < 1.29 is 75.8 Å². The summed E-state index contributed by atoms with van der Waals surface area (Å²) in [5, 5.41) is 11.7. The quantitative estimate of drug-likeness (QED) is 0.185. The molecule has 0 amide bonds. The van der Waals surface area contributed by atoms with Crippen LogP contribution >= 0.6 is 0 Å². The number of hydrogen-bond donors (Lipinski definition) is 0. The Labute approximate surface area is 175 Å². The fraction of sp³-hybridized carbons (Fsp3) is 0.375. The molecule has 0 N–H and O–H groups in total. The number of rotatable bonds is 3. The van der Waals surface area contributed by atoms with Crippen LogP contribution in [0.4, 0.5) is 71.5 Å². The van der Waals surface area contributed by atoms with Gasteiger partial charge >= 0.3 is 35.3 Å². The molecule has 1 aromatic carbocycles. The summed E-state index contributed by atoms with van der Waals surface area (Å²) in [5.41, 5.74) is -12.1. The topological polar surface area (TPSA) is 44.5 Å². The highest BCUT2D eigenvalue weighted by atomic mass is 19.4. The van der Waals surface area contributed by atoms with Gasteiger partial charge in [0.2, 0.25) is 5.78 Å². The van der Waals surface area contributed by atoms with Gasteiger partial charge in [0.1, 0.15) is 0 Å². The number of nitrogens with zero attached hydrogens (tertiary/aromatic N) is 1. The van der Waals surface area contributed by atoms with E-state index in [1.165, 1.54) is 0 Å². The van der Waals surface area contributed by atoms with E-state index < -0.39 is 87.4 Å². The van der Waals surface area contributed by atoms with Crippen molar-refractivity contribution >= 4 is 17.2 Å². The number of ketones is 1. The van der Waals surface area contributed by atoms with Gasteiger partial charge in [0, 0.05) is 5.56 Å². The number of benzene rings is 1. The summed E-state index contributed by atoms with van der Waals surface area (Å²) in [6, 6.07) is 0. The van der Waals surface area contributed by atoms with Crippen LogP contribution in [-0.2, 0) is 4.79 Å². The van der Waals surface area contributed by atoms with E-state index >= 15 is 0 Å². The molecule has 3 nitrogen and oxygen atoms in total. The van der Waals surface area contributed by atoms with Crippen LogP contribution in [0.2, 0.25) is 0 Å². The van der Waals surface area contributed by atoms with Crippen molar-refractivity contribution in [3.05, 3.63) is 46.3 Å². The van der Waals surface area contributed by atoms with Crippen LogP contribution in [0.15, 0.2) is 6.08 Å². The molecule has 1 aromatic rings. The van der Waals surface area contributed by atoms with Crippen LogP contribution in [0.3, 0.4) is 0 Å². The number of carbonyl (C=O) groups is 1. The third kappa shape index (κ3) is 2.72. The van der Waals surface area contributed by atoms with Crippen molar-refractivity contribution in [1.29, 1.82) is 0 Å². The molecule has 34 heavy (non-hydrogen) atoms. The summed E-state index contributed by atoms with van der Waals surface area (Å²) < 4.78 is 204. The van der Waals surface area contributed by atoms with E-state index in [2.05, 4.69) is 0 Å². The van der Waals surface area contributed by atoms with E-state index in [4.69, 9.17) is 6.57 Å². The number of carbonyl (C=O) groups excluding carboxylic acids is 1. The van der Waals surface area contributed by atoms with Crippen molar-refractivity contribution in [2.75, 3.05) is 0 Å². The van der Waals surface area contributed by atoms with Crippen molar-refractivity contribution in [3.63, 3.8) is 0 Å². The number of hydrogen-bond acceptors (Lipinski definition) is 2. The molecule has 0 aliphatic heterocycles. The second kappa shape index (κ2) is 7.18. The Morgan fingerprint density at radius 2 is 1.00 bits per heavy atom. The molecule has 0 radical (unpaired) electrons. The summed E-state index contributed by atoms with van der Waals surface area (Å²) in [6.07, 6.45) is -1.70. The van der Waals surface area contributed by atoms with Crippen LogP contribution in [0.1, 0.15) is 5.56 Å². The number of alkyl halides is 11. The van der Waals surface area contributed by atoms with Crippen molar-refractivity contribution in [2.24, 2.45) is 0 Å². The molecule has 0 heterocycles. The molecule has 18 heteroatoms. The summed E-state index contributed by atoms with van der Waals surface area (Å²) >= 11 is 0. The predicted molar refractivity (Wildman–Crippen MR) is 74.1 cm³/mol. The molecule has 1 saturated carbocycles. The van der Waals surface area contributed by atoms with Gasteiger partial charge in [-0.3, -0.25) is 4.79 Å². The molecular weight excluding hydrogens is 523 g/mol. The Morgan fingerprint density at radius 1 is 0.676 bits per heavy atom. The Balaban J connectivity index is 2.85. The van der Waals surface area contributed by atoms with Gasteiger partial charge in [0.15, 0.2) is 23.3 Å². The minimum Gasteiger partial charge on any atom is -0.872 e. The van der Waals surface area contributed by atoms with Crippen LogP contribution in [0, 0.1) is 29.8 Å². The summed E-state index contributed by atoms with van der Waals surface area (Å²) in [7, 11) is 0. The minimum atomic E-state index is -7.72. The van der Waals surface area contributed by atoms with Gasteiger partial charge in [0.05, 0.1) is 6.57 Å². The van der Waals surface area contributed by atoms with Crippen LogP contribution in [-0.4, -0.2) is 41.1 Å². The van der Waals surface area contributed by atoms with E-state index in [0.29, 0.717) is 0 Å². The largest absolute Gasteiger partial charge is 0.872 e. The van der Waals surface area contributed by atoms with Crippen LogP contribution < -0.4 is 5.11 Å². The number of halogens is 15. The maximum Gasteiger partial charge on any atom is 0.384 e. The fourth-order valence-corrected chi connectivity index (χ4v) is 2.76. The van der Waals surface area contributed by atoms with E-state index in [-0.39, 0.29) is 0 Å². The second-order valence-electron chi connectivity index (χ2n) is 6.49. The third-order valence-corrected chi connectivity index (χ3v) is 4.64. The van der Waals surface area contributed by atoms with E-state index in [9.17, 15) is 75.8 Å². The molecule has 1 aliphatic carbocycles. The molecule has 2 rings (SSSR count). The van der Waals surface area contributed by atoms with E-state index in [1.807, 2.05) is 4.85 Å². The monoisotopic (exact) mass is 524 g/mol. The summed E-state index contributed by atoms with van der Waals surface area (Å²) in [6.45, 7) is 6.31. The number of allylic oxidation sites excluding steroid dienone is 1. The highest BCUT2D eigenvalue weighted by Gasteiger charge is 3.02. The maximum absolute atomic E-state index is 14.5. The van der Waals surface area contributed by atoms with E-state index in [1.54, 1.807) is 0 Å². The first-order chi connectivity index (χ1) is 15.0. The maximum atomic E-state index is 14.5. The first-order valence-corrected chi connectivity index (χ1v) is 7.77. The highest BCUT2D eigenvalue weighted by Crippen LogP contribution is 2.69. The Hall–Kier alpha value is -3.13. The molecule has 0 aromatic heterocycles. The minimum absolute atomic E-state index is 1.70. The lowest BCUT2D eigenvalue weighted by Crippen LogP contribution is -2.85. The zero-order chi connectivity index (χ0) is 27.0. The SMILES string of the molecule is [C-]#[N+]c1c(F)c(F)c(/C([O-])=C/C(=O)C2(F)C(F)(F)C(F)(F)C(F)(F)C(F)(F)C2(F)F)c(F)c1F. The Morgan fingerprint density at radius 3 is 1.32 bits per heavy atom. The average Bonchev–Trinajstić information content (AvgIpc) is 2.70. The van der Waals surface area contributed by atoms with Crippen LogP contribution in [0.5, 0.6) is 0 Å². The molecule has 1 fully saturated rings. The zero-order valence-corrected chi connectivity index (χ0v) is 15.0. The van der Waals surface area contributed by atoms with Gasteiger partial charge in [-0.05, 0) is 6.08 Å².